The zero-order valence-corrected chi connectivity index (χ0v) is 15.1. The molecule has 0 spiro atoms. The molecule has 0 saturated heterocycles. The Balaban J connectivity index is 2.11. The molecule has 0 amide bonds. The molecule has 20 heavy (non-hydrogen) atoms. The number of nitrogens with two attached hydrogens (primary N) is 1. The molecule has 0 saturated carbocycles. The van der Waals surface area contributed by atoms with Crippen molar-refractivity contribution in [3.8, 4) is 0 Å². The third-order valence-electron chi connectivity index (χ3n) is 2.64. The van der Waals surface area contributed by atoms with Gasteiger partial charge in [0.15, 0.2) is 0 Å². The summed E-state index contributed by atoms with van der Waals surface area (Å²) in [6.07, 6.45) is 0. The number of hydrogen-bond acceptors (Lipinski definition) is 4. The molecular weight excluding hydrogens is 428 g/mol. The Morgan fingerprint density at radius 2 is 1.75 bits per heavy atom. The molecule has 1 aromatic heterocycles. The zero-order chi connectivity index (χ0) is 14.8. The molecule has 0 fully saturated rings. The summed E-state index contributed by atoms with van der Waals surface area (Å²) in [5, 5.41) is 0. The van der Waals surface area contributed by atoms with Crippen LogP contribution in [0.3, 0.4) is 0 Å². The smallest absolute Gasteiger partial charge is 0.242 e. The van der Waals surface area contributed by atoms with Gasteiger partial charge in [0.1, 0.15) is 4.90 Å². The van der Waals surface area contributed by atoms with Crippen molar-refractivity contribution in [2.75, 3.05) is 0 Å². The van der Waals surface area contributed by atoms with E-state index in [1.54, 1.807) is 6.07 Å². The van der Waals surface area contributed by atoms with Gasteiger partial charge in [-0.2, -0.15) is 0 Å². The van der Waals surface area contributed by atoms with Crippen LogP contribution < -0.4 is 10.5 Å². The number of benzene rings is 1. The predicted molar refractivity (Wildman–Crippen MR) is 88.1 cm³/mol. The lowest BCUT2D eigenvalue weighted by atomic mass is 10.1. The third-order valence-corrected chi connectivity index (χ3v) is 6.80. The summed E-state index contributed by atoms with van der Waals surface area (Å²) in [7, 11) is -3.53. The van der Waals surface area contributed by atoms with Crippen LogP contribution in [-0.4, -0.2) is 8.42 Å². The van der Waals surface area contributed by atoms with Crippen molar-refractivity contribution in [1.29, 1.82) is 0 Å². The molecule has 0 atom stereocenters. The number of rotatable bonds is 5. The molecule has 0 aliphatic carbocycles. The Hall–Kier alpha value is -0.250. The molecule has 2 rings (SSSR count). The summed E-state index contributed by atoms with van der Waals surface area (Å²) in [4.78, 5) is 0.243. The maximum Gasteiger partial charge on any atom is 0.242 e. The molecule has 0 unspecified atom stereocenters. The first-order chi connectivity index (χ1) is 9.42. The van der Waals surface area contributed by atoms with Crippen LogP contribution in [0.25, 0.3) is 0 Å². The van der Waals surface area contributed by atoms with E-state index in [-0.39, 0.29) is 11.4 Å². The van der Waals surface area contributed by atoms with Gasteiger partial charge in [-0.25, -0.2) is 13.1 Å². The number of hydrogen-bond donors (Lipinski definition) is 2. The maximum absolute atomic E-state index is 12.2. The van der Waals surface area contributed by atoms with Gasteiger partial charge in [0.2, 0.25) is 10.0 Å². The van der Waals surface area contributed by atoms with Gasteiger partial charge in [-0.05, 0) is 49.1 Å². The lowest BCUT2D eigenvalue weighted by Gasteiger charge is -2.06. The van der Waals surface area contributed by atoms with E-state index in [1.165, 1.54) is 11.3 Å². The second-order valence-corrected chi connectivity index (χ2v) is 9.52. The van der Waals surface area contributed by atoms with Gasteiger partial charge >= 0.3 is 0 Å². The molecule has 8 heteroatoms. The second kappa shape index (κ2) is 6.67. The Morgan fingerprint density at radius 1 is 1.15 bits per heavy atom. The molecule has 0 radical (unpaired) electrons. The molecule has 1 heterocycles. The van der Waals surface area contributed by atoms with Crippen molar-refractivity contribution in [2.24, 2.45) is 5.73 Å². The molecule has 0 aliphatic heterocycles. The monoisotopic (exact) mass is 438 g/mol. The van der Waals surface area contributed by atoms with E-state index in [0.717, 1.165) is 14.9 Å². The van der Waals surface area contributed by atoms with Crippen molar-refractivity contribution in [3.05, 3.63) is 49.0 Å². The van der Waals surface area contributed by atoms with Gasteiger partial charge in [0, 0.05) is 13.1 Å². The fourth-order valence-electron chi connectivity index (χ4n) is 1.56. The summed E-state index contributed by atoms with van der Waals surface area (Å²) < 4.78 is 28.3. The van der Waals surface area contributed by atoms with E-state index >= 15 is 0 Å². The Bertz CT molecular complexity index is 697. The minimum atomic E-state index is -3.53. The summed E-state index contributed by atoms with van der Waals surface area (Å²) in [6.45, 7) is 0.717. The van der Waals surface area contributed by atoms with Crippen molar-refractivity contribution < 1.29 is 8.42 Å². The lowest BCUT2D eigenvalue weighted by Crippen LogP contribution is -2.23. The maximum atomic E-state index is 12.2. The molecular formula is C12H12Br2N2O2S2. The molecule has 0 bridgehead atoms. The number of halogens is 2. The molecule has 3 N–H and O–H groups in total. The summed E-state index contributed by atoms with van der Waals surface area (Å²) in [6, 6.07) is 9.09. The molecule has 0 aliphatic rings. The number of thiophene rings is 1. The SMILES string of the molecule is NCc1ccc(CNS(=O)(=O)c2cc(Br)sc2Br)cc1. The molecule has 4 nitrogen and oxygen atoms in total. The largest absolute Gasteiger partial charge is 0.326 e. The molecule has 1 aromatic carbocycles. The standard InChI is InChI=1S/C12H12Br2N2O2S2/c13-11-5-10(12(14)19-11)20(17,18)16-7-9-3-1-8(6-15)2-4-9/h1-5,16H,6-7,15H2. The van der Waals surface area contributed by atoms with Gasteiger partial charge < -0.3 is 5.73 Å². The van der Waals surface area contributed by atoms with Crippen LogP contribution in [0.4, 0.5) is 0 Å². The van der Waals surface area contributed by atoms with Crippen molar-refractivity contribution >= 4 is 53.2 Å². The van der Waals surface area contributed by atoms with Crippen LogP contribution in [0.5, 0.6) is 0 Å². The van der Waals surface area contributed by atoms with Gasteiger partial charge in [-0.3, -0.25) is 0 Å². The van der Waals surface area contributed by atoms with Crippen molar-refractivity contribution in [1.82, 2.24) is 4.72 Å². The van der Waals surface area contributed by atoms with Crippen LogP contribution in [0.15, 0.2) is 42.8 Å². The highest BCUT2D eigenvalue weighted by Gasteiger charge is 2.20. The van der Waals surface area contributed by atoms with Crippen molar-refractivity contribution in [2.45, 2.75) is 18.0 Å². The summed E-state index contributed by atoms with van der Waals surface area (Å²) in [5.41, 5.74) is 7.42. The van der Waals surface area contributed by atoms with E-state index < -0.39 is 10.0 Å². The first-order valence-electron chi connectivity index (χ1n) is 5.65. The highest BCUT2D eigenvalue weighted by molar-refractivity contribution is 9.12. The first kappa shape index (κ1) is 16.1. The van der Waals surface area contributed by atoms with E-state index in [4.69, 9.17) is 5.73 Å². The van der Waals surface area contributed by atoms with E-state index in [1.807, 2.05) is 24.3 Å². The molecule has 108 valence electrons. The second-order valence-electron chi connectivity index (χ2n) is 4.03. The minimum absolute atomic E-state index is 0.243. The van der Waals surface area contributed by atoms with Gasteiger partial charge in [-0.15, -0.1) is 11.3 Å². The summed E-state index contributed by atoms with van der Waals surface area (Å²) >= 11 is 7.85. The Morgan fingerprint density at radius 3 is 2.25 bits per heavy atom. The minimum Gasteiger partial charge on any atom is -0.326 e. The fourth-order valence-corrected chi connectivity index (χ4v) is 6.39. The highest BCUT2D eigenvalue weighted by Crippen LogP contribution is 2.34. The van der Waals surface area contributed by atoms with Crippen LogP contribution in [-0.2, 0) is 23.1 Å². The van der Waals surface area contributed by atoms with Crippen LogP contribution in [0.2, 0.25) is 0 Å². The van der Waals surface area contributed by atoms with Crippen molar-refractivity contribution in [3.63, 3.8) is 0 Å². The quantitative estimate of drug-likeness (QED) is 0.751. The normalized spacial score (nSPS) is 11.8. The van der Waals surface area contributed by atoms with E-state index in [9.17, 15) is 8.42 Å². The van der Waals surface area contributed by atoms with Gasteiger partial charge in [-0.1, -0.05) is 24.3 Å². The van der Waals surface area contributed by atoms with Gasteiger partial charge in [0.25, 0.3) is 0 Å². The predicted octanol–water partition coefficient (Wildman–Crippen LogP) is 3.21. The Labute approximate surface area is 138 Å². The average Bonchev–Trinajstić information content (AvgIpc) is 2.77. The van der Waals surface area contributed by atoms with E-state index in [0.29, 0.717) is 10.3 Å². The average molecular weight is 440 g/mol. The van der Waals surface area contributed by atoms with Gasteiger partial charge in [0.05, 0.1) is 7.57 Å². The third kappa shape index (κ3) is 3.90. The van der Waals surface area contributed by atoms with Crippen LogP contribution in [0.1, 0.15) is 11.1 Å². The number of sulfonamides is 1. The van der Waals surface area contributed by atoms with E-state index in [2.05, 4.69) is 36.6 Å². The number of nitrogens with one attached hydrogen (secondary N) is 1. The first-order valence-corrected chi connectivity index (χ1v) is 9.53. The summed E-state index contributed by atoms with van der Waals surface area (Å²) in [5.74, 6) is 0. The van der Waals surface area contributed by atoms with Crippen LogP contribution in [0, 0.1) is 0 Å². The highest BCUT2D eigenvalue weighted by atomic mass is 79.9. The fraction of sp³-hybridized carbons (Fsp3) is 0.167. The zero-order valence-electron chi connectivity index (χ0n) is 10.3. The Kier molecular flexibility index (Phi) is 5.38. The lowest BCUT2D eigenvalue weighted by molar-refractivity contribution is 0.581. The topological polar surface area (TPSA) is 72.2 Å². The molecule has 2 aromatic rings. The van der Waals surface area contributed by atoms with Crippen LogP contribution >= 0.6 is 43.2 Å².